The molecule has 0 atom stereocenters. The largest absolute Gasteiger partial charge is 0.368 e. The molecule has 0 heterocycles. The zero-order valence-electron chi connectivity index (χ0n) is 9.38. The summed E-state index contributed by atoms with van der Waals surface area (Å²) in [4.78, 5) is 33.0. The molecule has 1 aliphatic carbocycles. The van der Waals surface area contributed by atoms with E-state index in [1.807, 2.05) is 0 Å². The molecule has 0 saturated heterocycles. The number of primary amides is 1. The number of amides is 2. The van der Waals surface area contributed by atoms with E-state index in [1.165, 1.54) is 18.2 Å². The number of nitrogens with one attached hydrogen (secondary N) is 1. The van der Waals surface area contributed by atoms with Gasteiger partial charge < -0.3 is 11.1 Å². The molecular weight excluding hydrogens is 238 g/mol. The summed E-state index contributed by atoms with van der Waals surface area (Å²) >= 11 is 0. The van der Waals surface area contributed by atoms with Crippen LogP contribution in [0.25, 0.3) is 0 Å². The molecule has 7 heteroatoms. The van der Waals surface area contributed by atoms with Crippen molar-refractivity contribution >= 4 is 17.5 Å². The van der Waals surface area contributed by atoms with E-state index in [0.29, 0.717) is 12.8 Å². The standard InChI is InChI=1S/C11H11N3O4/c12-10(16)11(4-5-11)13-9(15)7-2-1-3-8(6-7)14(17)18/h1-3,6H,4-5H2,(H2,12,16)(H,13,15). The summed E-state index contributed by atoms with van der Waals surface area (Å²) in [7, 11) is 0. The first-order chi connectivity index (χ1) is 8.44. The van der Waals surface area contributed by atoms with E-state index in [4.69, 9.17) is 5.73 Å². The van der Waals surface area contributed by atoms with Crippen molar-refractivity contribution in [2.24, 2.45) is 5.73 Å². The van der Waals surface area contributed by atoms with Gasteiger partial charge in [-0.3, -0.25) is 19.7 Å². The second-order valence-electron chi connectivity index (χ2n) is 4.21. The van der Waals surface area contributed by atoms with Crippen molar-refractivity contribution in [2.75, 3.05) is 0 Å². The fraction of sp³-hybridized carbons (Fsp3) is 0.273. The molecule has 0 aliphatic heterocycles. The lowest BCUT2D eigenvalue weighted by molar-refractivity contribution is -0.384. The van der Waals surface area contributed by atoms with Crippen molar-refractivity contribution in [2.45, 2.75) is 18.4 Å². The predicted octanol–water partition coefficient (Wildman–Crippen LogP) is 0.342. The third-order valence-corrected chi connectivity index (χ3v) is 2.89. The number of nitro groups is 1. The average molecular weight is 249 g/mol. The summed E-state index contributed by atoms with van der Waals surface area (Å²) in [5.74, 6) is -1.11. The van der Waals surface area contributed by atoms with Crippen LogP contribution in [0.2, 0.25) is 0 Å². The lowest BCUT2D eigenvalue weighted by atomic mass is 10.1. The fourth-order valence-corrected chi connectivity index (χ4v) is 1.61. The van der Waals surface area contributed by atoms with Gasteiger partial charge in [0.25, 0.3) is 11.6 Å². The summed E-state index contributed by atoms with van der Waals surface area (Å²) in [5, 5.41) is 13.1. The number of carbonyl (C=O) groups excluding carboxylic acids is 2. The third kappa shape index (κ3) is 2.15. The summed E-state index contributed by atoms with van der Waals surface area (Å²) < 4.78 is 0. The van der Waals surface area contributed by atoms with Gasteiger partial charge in [-0.1, -0.05) is 6.07 Å². The van der Waals surface area contributed by atoms with Gasteiger partial charge in [-0.15, -0.1) is 0 Å². The second-order valence-corrected chi connectivity index (χ2v) is 4.21. The molecule has 3 N–H and O–H groups in total. The van der Waals surface area contributed by atoms with Crippen molar-refractivity contribution in [3.63, 3.8) is 0 Å². The smallest absolute Gasteiger partial charge is 0.270 e. The Morgan fingerprint density at radius 2 is 2.06 bits per heavy atom. The highest BCUT2D eigenvalue weighted by Gasteiger charge is 2.49. The molecule has 1 aliphatic rings. The molecule has 7 nitrogen and oxygen atoms in total. The molecule has 2 rings (SSSR count). The Labute approximate surface area is 102 Å². The van der Waals surface area contributed by atoms with Crippen LogP contribution in [0.1, 0.15) is 23.2 Å². The Morgan fingerprint density at radius 3 is 2.56 bits per heavy atom. The van der Waals surface area contributed by atoms with Crippen LogP contribution in [0, 0.1) is 10.1 Å². The Kier molecular flexibility index (Phi) is 2.74. The Balaban J connectivity index is 2.17. The minimum absolute atomic E-state index is 0.136. The molecule has 0 unspecified atom stereocenters. The monoisotopic (exact) mass is 249 g/mol. The first-order valence-electron chi connectivity index (χ1n) is 5.31. The predicted molar refractivity (Wildman–Crippen MR) is 61.7 cm³/mol. The number of hydrogen-bond acceptors (Lipinski definition) is 4. The Hall–Kier alpha value is -2.44. The molecular formula is C11H11N3O4. The minimum Gasteiger partial charge on any atom is -0.368 e. The SMILES string of the molecule is NC(=O)C1(NC(=O)c2cccc([N+](=O)[O-])c2)CC1. The van der Waals surface area contributed by atoms with E-state index in [1.54, 1.807) is 0 Å². The molecule has 0 radical (unpaired) electrons. The molecule has 1 aromatic rings. The fourth-order valence-electron chi connectivity index (χ4n) is 1.61. The number of nitrogens with two attached hydrogens (primary N) is 1. The van der Waals surface area contributed by atoms with E-state index in [0.717, 1.165) is 6.07 Å². The minimum atomic E-state index is -0.971. The molecule has 2 amide bonds. The maximum absolute atomic E-state index is 11.8. The van der Waals surface area contributed by atoms with Crippen LogP contribution in [0.5, 0.6) is 0 Å². The van der Waals surface area contributed by atoms with Crippen LogP contribution in [0.4, 0.5) is 5.69 Å². The summed E-state index contributed by atoms with van der Waals surface area (Å²) in [6.07, 6.45) is 1.01. The van der Waals surface area contributed by atoms with Gasteiger partial charge in [-0.25, -0.2) is 0 Å². The van der Waals surface area contributed by atoms with Gasteiger partial charge in [-0.2, -0.15) is 0 Å². The molecule has 1 fully saturated rings. The maximum Gasteiger partial charge on any atom is 0.270 e. The maximum atomic E-state index is 11.8. The lowest BCUT2D eigenvalue weighted by Gasteiger charge is -2.13. The number of rotatable bonds is 4. The van der Waals surface area contributed by atoms with Gasteiger partial charge in [0.15, 0.2) is 0 Å². The van der Waals surface area contributed by atoms with Crippen LogP contribution in [-0.2, 0) is 4.79 Å². The highest BCUT2D eigenvalue weighted by molar-refractivity contribution is 6.00. The molecule has 1 saturated carbocycles. The number of hydrogen-bond donors (Lipinski definition) is 2. The van der Waals surface area contributed by atoms with E-state index in [2.05, 4.69) is 5.32 Å². The third-order valence-electron chi connectivity index (χ3n) is 2.89. The van der Waals surface area contributed by atoms with Gasteiger partial charge in [0.2, 0.25) is 5.91 Å². The van der Waals surface area contributed by atoms with Crippen LogP contribution >= 0.6 is 0 Å². The number of non-ortho nitro benzene ring substituents is 1. The lowest BCUT2D eigenvalue weighted by Crippen LogP contribution is -2.46. The van der Waals surface area contributed by atoms with Crippen LogP contribution in [0.3, 0.4) is 0 Å². The molecule has 18 heavy (non-hydrogen) atoms. The van der Waals surface area contributed by atoms with Crippen molar-refractivity contribution in [3.8, 4) is 0 Å². The van der Waals surface area contributed by atoms with Crippen molar-refractivity contribution < 1.29 is 14.5 Å². The molecule has 0 aromatic heterocycles. The number of benzene rings is 1. The molecule has 1 aromatic carbocycles. The van der Waals surface area contributed by atoms with Crippen LogP contribution in [0.15, 0.2) is 24.3 Å². The average Bonchev–Trinajstić information content (AvgIpc) is 3.10. The van der Waals surface area contributed by atoms with E-state index < -0.39 is 22.3 Å². The molecule has 94 valence electrons. The number of carbonyl (C=O) groups is 2. The van der Waals surface area contributed by atoms with Gasteiger partial charge in [0, 0.05) is 17.7 Å². The van der Waals surface area contributed by atoms with Gasteiger partial charge in [0.05, 0.1) is 4.92 Å². The molecule has 0 bridgehead atoms. The first kappa shape index (κ1) is 12.0. The van der Waals surface area contributed by atoms with Gasteiger partial charge in [-0.05, 0) is 18.9 Å². The highest BCUT2D eigenvalue weighted by Crippen LogP contribution is 2.35. The van der Waals surface area contributed by atoms with Crippen molar-refractivity contribution in [3.05, 3.63) is 39.9 Å². The molecule has 0 spiro atoms. The normalized spacial score (nSPS) is 15.8. The second kappa shape index (κ2) is 4.10. The number of nitrogens with zero attached hydrogens (tertiary/aromatic N) is 1. The zero-order chi connectivity index (χ0) is 13.3. The van der Waals surface area contributed by atoms with E-state index in [9.17, 15) is 19.7 Å². The topological polar surface area (TPSA) is 115 Å². The summed E-state index contributed by atoms with van der Waals surface area (Å²) in [6, 6.07) is 5.31. The number of nitro benzene ring substituents is 1. The summed E-state index contributed by atoms with van der Waals surface area (Å²) in [6.45, 7) is 0. The van der Waals surface area contributed by atoms with Crippen LogP contribution in [-0.4, -0.2) is 22.3 Å². The van der Waals surface area contributed by atoms with Gasteiger partial charge >= 0.3 is 0 Å². The Bertz CT molecular complexity index is 537. The first-order valence-corrected chi connectivity index (χ1v) is 5.31. The van der Waals surface area contributed by atoms with E-state index >= 15 is 0 Å². The van der Waals surface area contributed by atoms with Crippen molar-refractivity contribution in [1.29, 1.82) is 0 Å². The van der Waals surface area contributed by atoms with Crippen molar-refractivity contribution in [1.82, 2.24) is 5.32 Å². The van der Waals surface area contributed by atoms with Crippen LogP contribution < -0.4 is 11.1 Å². The summed E-state index contributed by atoms with van der Waals surface area (Å²) in [5.41, 5.74) is 4.17. The Morgan fingerprint density at radius 1 is 1.39 bits per heavy atom. The zero-order valence-corrected chi connectivity index (χ0v) is 9.38. The van der Waals surface area contributed by atoms with E-state index in [-0.39, 0.29) is 11.3 Å². The highest BCUT2D eigenvalue weighted by atomic mass is 16.6. The quantitative estimate of drug-likeness (QED) is 0.591. The van der Waals surface area contributed by atoms with Gasteiger partial charge in [0.1, 0.15) is 5.54 Å².